The number of methoxy groups -OCH3 is 2. The fraction of sp³-hybridized carbons (Fsp3) is 0.400. The molecule has 22 heavy (non-hydrogen) atoms. The predicted molar refractivity (Wildman–Crippen MR) is 87.6 cm³/mol. The van der Waals surface area contributed by atoms with E-state index < -0.39 is 0 Å². The second-order valence-corrected chi connectivity index (χ2v) is 6.47. The first-order valence-electron chi connectivity index (χ1n) is 8.07. The van der Waals surface area contributed by atoms with Crippen molar-refractivity contribution in [3.8, 4) is 5.75 Å². The molecule has 2 aliphatic carbocycles. The van der Waals surface area contributed by atoms with Gasteiger partial charge in [-0.25, -0.2) is 0 Å². The van der Waals surface area contributed by atoms with Crippen molar-refractivity contribution in [3.05, 3.63) is 64.7 Å². The summed E-state index contributed by atoms with van der Waals surface area (Å²) in [4.78, 5) is 0. The Balaban J connectivity index is 1.69. The zero-order chi connectivity index (χ0) is 15.1. The van der Waals surface area contributed by atoms with Gasteiger partial charge in [-0.15, -0.1) is 0 Å². The Morgan fingerprint density at radius 1 is 0.864 bits per heavy atom. The fourth-order valence-electron chi connectivity index (χ4n) is 4.47. The first kappa shape index (κ1) is 13.8. The summed E-state index contributed by atoms with van der Waals surface area (Å²) in [5.74, 6) is 2.15. The molecular formula is C20H22O2. The van der Waals surface area contributed by atoms with Gasteiger partial charge in [-0.2, -0.15) is 0 Å². The molecule has 4 rings (SSSR count). The van der Waals surface area contributed by atoms with Crippen LogP contribution in [0.4, 0.5) is 0 Å². The largest absolute Gasteiger partial charge is 0.496 e. The third-order valence-electron chi connectivity index (χ3n) is 5.44. The van der Waals surface area contributed by atoms with Crippen LogP contribution in [-0.4, -0.2) is 20.3 Å². The van der Waals surface area contributed by atoms with Crippen LogP contribution in [0.25, 0.3) is 0 Å². The van der Waals surface area contributed by atoms with E-state index in [1.54, 1.807) is 7.11 Å². The summed E-state index contributed by atoms with van der Waals surface area (Å²) in [6.45, 7) is 0. The second-order valence-electron chi connectivity index (χ2n) is 6.47. The van der Waals surface area contributed by atoms with Crippen LogP contribution in [0.3, 0.4) is 0 Å². The van der Waals surface area contributed by atoms with Crippen molar-refractivity contribution in [3.63, 3.8) is 0 Å². The van der Waals surface area contributed by atoms with E-state index in [9.17, 15) is 0 Å². The van der Waals surface area contributed by atoms with Gasteiger partial charge in [0.25, 0.3) is 0 Å². The van der Waals surface area contributed by atoms with E-state index in [1.807, 2.05) is 7.11 Å². The maximum Gasteiger partial charge on any atom is 0.122 e. The Kier molecular flexibility index (Phi) is 3.42. The summed E-state index contributed by atoms with van der Waals surface area (Å²) in [5.41, 5.74) is 5.80. The second kappa shape index (κ2) is 5.44. The van der Waals surface area contributed by atoms with E-state index in [0.29, 0.717) is 17.9 Å². The Morgan fingerprint density at radius 3 is 2.50 bits per heavy atom. The van der Waals surface area contributed by atoms with Crippen molar-refractivity contribution in [2.75, 3.05) is 14.2 Å². The van der Waals surface area contributed by atoms with Crippen molar-refractivity contribution in [2.24, 2.45) is 5.92 Å². The number of ether oxygens (including phenoxy) is 2. The molecule has 0 spiro atoms. The monoisotopic (exact) mass is 294 g/mol. The molecule has 2 nitrogen and oxygen atoms in total. The Hall–Kier alpha value is -1.80. The fourth-order valence-corrected chi connectivity index (χ4v) is 4.47. The number of fused-ring (bicyclic) bond motifs is 2. The highest BCUT2D eigenvalue weighted by molar-refractivity contribution is 5.46. The van der Waals surface area contributed by atoms with Crippen LogP contribution in [0.1, 0.15) is 28.2 Å². The van der Waals surface area contributed by atoms with Gasteiger partial charge in [0.05, 0.1) is 13.2 Å². The molecule has 0 saturated carbocycles. The van der Waals surface area contributed by atoms with E-state index >= 15 is 0 Å². The SMILES string of the molecule is COc1cccc2c1CC(C1c3ccccc3CC1OC)C2. The lowest BCUT2D eigenvalue weighted by Crippen LogP contribution is -2.24. The van der Waals surface area contributed by atoms with Crippen molar-refractivity contribution in [1.82, 2.24) is 0 Å². The summed E-state index contributed by atoms with van der Waals surface area (Å²) in [6, 6.07) is 15.3. The molecule has 0 amide bonds. The average Bonchev–Trinajstić information content (AvgIpc) is 3.14. The molecule has 2 heteroatoms. The van der Waals surface area contributed by atoms with Gasteiger partial charge in [0.2, 0.25) is 0 Å². The summed E-state index contributed by atoms with van der Waals surface area (Å²) in [5, 5.41) is 0. The highest BCUT2D eigenvalue weighted by Gasteiger charge is 2.40. The number of benzene rings is 2. The van der Waals surface area contributed by atoms with Gasteiger partial charge in [0.15, 0.2) is 0 Å². The number of rotatable bonds is 3. The summed E-state index contributed by atoms with van der Waals surface area (Å²) >= 11 is 0. The van der Waals surface area contributed by atoms with Crippen LogP contribution >= 0.6 is 0 Å². The zero-order valence-corrected chi connectivity index (χ0v) is 13.2. The van der Waals surface area contributed by atoms with E-state index in [4.69, 9.17) is 9.47 Å². The lowest BCUT2D eigenvalue weighted by atomic mass is 9.84. The molecule has 2 aromatic rings. The van der Waals surface area contributed by atoms with Crippen LogP contribution in [0.5, 0.6) is 5.75 Å². The van der Waals surface area contributed by atoms with Crippen LogP contribution in [0, 0.1) is 5.92 Å². The third kappa shape index (κ3) is 2.05. The average molecular weight is 294 g/mol. The smallest absolute Gasteiger partial charge is 0.122 e. The molecule has 0 saturated heterocycles. The first-order chi connectivity index (χ1) is 10.8. The Bertz CT molecular complexity index is 692. The maximum atomic E-state index is 5.84. The van der Waals surface area contributed by atoms with Crippen molar-refractivity contribution < 1.29 is 9.47 Å². The van der Waals surface area contributed by atoms with Gasteiger partial charge in [-0.05, 0) is 53.5 Å². The molecule has 2 aromatic carbocycles. The minimum absolute atomic E-state index is 0.308. The molecule has 0 bridgehead atoms. The molecule has 114 valence electrons. The van der Waals surface area contributed by atoms with E-state index in [2.05, 4.69) is 42.5 Å². The Morgan fingerprint density at radius 2 is 1.68 bits per heavy atom. The predicted octanol–water partition coefficient (Wildman–Crippen LogP) is 3.76. The van der Waals surface area contributed by atoms with E-state index in [-0.39, 0.29) is 0 Å². The molecule has 0 radical (unpaired) electrons. The molecule has 0 aliphatic heterocycles. The van der Waals surface area contributed by atoms with Crippen LogP contribution in [-0.2, 0) is 24.0 Å². The van der Waals surface area contributed by atoms with Crippen LogP contribution < -0.4 is 4.74 Å². The van der Waals surface area contributed by atoms with Crippen molar-refractivity contribution in [2.45, 2.75) is 31.3 Å². The Labute approximate surface area is 132 Å². The minimum atomic E-state index is 0.308. The highest BCUT2D eigenvalue weighted by atomic mass is 16.5. The van der Waals surface area contributed by atoms with E-state index in [1.165, 1.54) is 22.3 Å². The zero-order valence-electron chi connectivity index (χ0n) is 13.2. The molecule has 0 aromatic heterocycles. The maximum absolute atomic E-state index is 5.84. The summed E-state index contributed by atoms with van der Waals surface area (Å²) in [6.07, 6.45) is 3.58. The van der Waals surface area contributed by atoms with Gasteiger partial charge < -0.3 is 9.47 Å². The standard InChI is InChI=1S/C20H22O2/c1-21-18-9-5-7-13-10-15(11-17(13)18)20-16-8-4-3-6-14(16)12-19(20)22-2/h3-9,15,19-20H,10-12H2,1-2H3. The normalized spacial score (nSPS) is 25.8. The summed E-state index contributed by atoms with van der Waals surface area (Å²) < 4.78 is 11.4. The third-order valence-corrected chi connectivity index (χ3v) is 5.44. The van der Waals surface area contributed by atoms with Gasteiger partial charge in [0.1, 0.15) is 5.75 Å². The van der Waals surface area contributed by atoms with Crippen molar-refractivity contribution >= 4 is 0 Å². The van der Waals surface area contributed by atoms with Gasteiger partial charge in [-0.1, -0.05) is 36.4 Å². The van der Waals surface area contributed by atoms with Crippen molar-refractivity contribution in [1.29, 1.82) is 0 Å². The van der Waals surface area contributed by atoms with Crippen LogP contribution in [0.2, 0.25) is 0 Å². The molecular weight excluding hydrogens is 272 g/mol. The molecule has 3 atom stereocenters. The van der Waals surface area contributed by atoms with Gasteiger partial charge >= 0.3 is 0 Å². The molecule has 3 unspecified atom stereocenters. The highest BCUT2D eigenvalue weighted by Crippen LogP contribution is 2.46. The quantitative estimate of drug-likeness (QED) is 0.858. The molecule has 2 aliphatic rings. The van der Waals surface area contributed by atoms with Gasteiger partial charge in [-0.3, -0.25) is 0 Å². The van der Waals surface area contributed by atoms with Crippen LogP contribution in [0.15, 0.2) is 42.5 Å². The minimum Gasteiger partial charge on any atom is -0.496 e. The summed E-state index contributed by atoms with van der Waals surface area (Å²) in [7, 11) is 3.62. The first-order valence-corrected chi connectivity index (χ1v) is 8.07. The number of hydrogen-bond acceptors (Lipinski definition) is 2. The van der Waals surface area contributed by atoms with Gasteiger partial charge in [0, 0.05) is 13.0 Å². The molecule has 0 N–H and O–H groups in total. The number of hydrogen-bond donors (Lipinski definition) is 0. The topological polar surface area (TPSA) is 18.5 Å². The van der Waals surface area contributed by atoms with E-state index in [0.717, 1.165) is 25.0 Å². The lowest BCUT2D eigenvalue weighted by Gasteiger charge is -2.25. The molecule has 0 fully saturated rings. The lowest BCUT2D eigenvalue weighted by molar-refractivity contribution is 0.0717. The molecule has 0 heterocycles.